The molecule has 0 N–H and O–H groups in total. The first-order valence-electron chi connectivity index (χ1n) is 6.76. The zero-order chi connectivity index (χ0) is 12.5. The van der Waals surface area contributed by atoms with Crippen molar-refractivity contribution < 1.29 is 0 Å². The Hall–Kier alpha value is -1.70. The highest BCUT2D eigenvalue weighted by Gasteiger charge is 2.12. The Kier molecular flexibility index (Phi) is 2.86. The van der Waals surface area contributed by atoms with E-state index in [1.54, 1.807) is 0 Å². The van der Waals surface area contributed by atoms with Crippen molar-refractivity contribution in [2.75, 3.05) is 18.0 Å². The van der Waals surface area contributed by atoms with Crippen LogP contribution in [0.5, 0.6) is 0 Å². The lowest BCUT2D eigenvalue weighted by molar-refractivity contribution is 0.949. The van der Waals surface area contributed by atoms with Gasteiger partial charge in [0.05, 0.1) is 0 Å². The molecule has 3 rings (SSSR count). The maximum atomic E-state index is 2.47. The van der Waals surface area contributed by atoms with Gasteiger partial charge in [-0.05, 0) is 63.1 Å². The van der Waals surface area contributed by atoms with Gasteiger partial charge in [-0.3, -0.25) is 0 Å². The molecule has 0 unspecified atom stereocenters. The molecular formula is C16H20N2. The maximum absolute atomic E-state index is 2.47. The second kappa shape index (κ2) is 4.52. The monoisotopic (exact) mass is 240 g/mol. The molecule has 1 saturated heterocycles. The summed E-state index contributed by atoms with van der Waals surface area (Å²) < 4.78 is 2.30. The van der Waals surface area contributed by atoms with Crippen LogP contribution in [0.15, 0.2) is 36.4 Å². The predicted molar refractivity (Wildman–Crippen MR) is 76.7 cm³/mol. The van der Waals surface area contributed by atoms with E-state index in [2.05, 4.69) is 59.7 Å². The molecule has 0 bridgehead atoms. The van der Waals surface area contributed by atoms with Crippen LogP contribution in [0, 0.1) is 13.8 Å². The highest BCUT2D eigenvalue weighted by molar-refractivity contribution is 5.52. The summed E-state index contributed by atoms with van der Waals surface area (Å²) in [6.45, 7) is 6.73. The van der Waals surface area contributed by atoms with Crippen LogP contribution >= 0.6 is 0 Å². The molecule has 0 radical (unpaired) electrons. The molecule has 94 valence electrons. The van der Waals surface area contributed by atoms with Gasteiger partial charge in [0.25, 0.3) is 0 Å². The summed E-state index contributed by atoms with van der Waals surface area (Å²) >= 11 is 0. The number of rotatable bonds is 2. The summed E-state index contributed by atoms with van der Waals surface area (Å²) in [5.41, 5.74) is 5.21. The van der Waals surface area contributed by atoms with Gasteiger partial charge in [0.2, 0.25) is 0 Å². The highest BCUT2D eigenvalue weighted by atomic mass is 15.1. The minimum absolute atomic E-state index is 1.21. The molecule has 0 saturated carbocycles. The molecule has 1 fully saturated rings. The third-order valence-corrected chi connectivity index (χ3v) is 3.85. The number of hydrogen-bond donors (Lipinski definition) is 0. The van der Waals surface area contributed by atoms with Crippen molar-refractivity contribution in [2.24, 2.45) is 0 Å². The molecular weight excluding hydrogens is 220 g/mol. The fourth-order valence-corrected chi connectivity index (χ4v) is 2.86. The van der Waals surface area contributed by atoms with Gasteiger partial charge in [-0.15, -0.1) is 0 Å². The Bertz CT molecular complexity index is 511. The number of anilines is 1. The fourth-order valence-electron chi connectivity index (χ4n) is 2.86. The number of benzene rings is 1. The average Bonchev–Trinajstić information content (AvgIpc) is 3.01. The third kappa shape index (κ3) is 1.92. The van der Waals surface area contributed by atoms with Gasteiger partial charge in [0.1, 0.15) is 0 Å². The third-order valence-electron chi connectivity index (χ3n) is 3.85. The SMILES string of the molecule is Cc1ccc(C)n1-c1ccc(N2CCCC2)cc1. The highest BCUT2D eigenvalue weighted by Crippen LogP contribution is 2.23. The van der Waals surface area contributed by atoms with E-state index in [-0.39, 0.29) is 0 Å². The second-order valence-electron chi connectivity index (χ2n) is 5.16. The van der Waals surface area contributed by atoms with Crippen LogP contribution in [0.2, 0.25) is 0 Å². The van der Waals surface area contributed by atoms with E-state index in [4.69, 9.17) is 0 Å². The molecule has 1 aromatic carbocycles. The average molecular weight is 240 g/mol. The molecule has 2 nitrogen and oxygen atoms in total. The molecule has 0 aliphatic carbocycles. The lowest BCUT2D eigenvalue weighted by Crippen LogP contribution is -2.17. The van der Waals surface area contributed by atoms with Gasteiger partial charge in [0, 0.05) is 35.9 Å². The second-order valence-corrected chi connectivity index (χ2v) is 5.16. The lowest BCUT2D eigenvalue weighted by Gasteiger charge is -2.18. The first-order chi connectivity index (χ1) is 8.75. The molecule has 0 spiro atoms. The predicted octanol–water partition coefficient (Wildman–Crippen LogP) is 3.69. The van der Waals surface area contributed by atoms with Crippen LogP contribution in [-0.2, 0) is 0 Å². The quantitative estimate of drug-likeness (QED) is 0.777. The zero-order valence-electron chi connectivity index (χ0n) is 11.2. The molecule has 2 heteroatoms. The Morgan fingerprint density at radius 1 is 0.722 bits per heavy atom. The van der Waals surface area contributed by atoms with Crippen LogP contribution in [-0.4, -0.2) is 17.7 Å². The van der Waals surface area contributed by atoms with E-state index in [0.717, 1.165) is 0 Å². The van der Waals surface area contributed by atoms with Crippen LogP contribution in [0.25, 0.3) is 5.69 Å². The first kappa shape index (κ1) is 11.4. The van der Waals surface area contributed by atoms with Gasteiger partial charge in [0.15, 0.2) is 0 Å². The van der Waals surface area contributed by atoms with Crippen LogP contribution in [0.4, 0.5) is 5.69 Å². The number of aromatic nitrogens is 1. The van der Waals surface area contributed by atoms with Crippen molar-refractivity contribution in [1.29, 1.82) is 0 Å². The summed E-state index contributed by atoms with van der Waals surface area (Å²) in [7, 11) is 0. The Balaban J connectivity index is 1.91. The summed E-state index contributed by atoms with van der Waals surface area (Å²) in [4.78, 5) is 2.47. The zero-order valence-corrected chi connectivity index (χ0v) is 11.2. The van der Waals surface area contributed by atoms with Gasteiger partial charge in [-0.2, -0.15) is 0 Å². The van der Waals surface area contributed by atoms with Crippen molar-refractivity contribution in [1.82, 2.24) is 4.57 Å². The molecule has 1 aliphatic heterocycles. The Morgan fingerprint density at radius 3 is 1.78 bits per heavy atom. The van der Waals surface area contributed by atoms with Crippen molar-refractivity contribution in [3.8, 4) is 5.69 Å². The summed E-state index contributed by atoms with van der Waals surface area (Å²) in [5, 5.41) is 0. The molecule has 0 amide bonds. The number of aryl methyl sites for hydroxylation is 2. The normalized spacial score (nSPS) is 15.3. The van der Waals surface area contributed by atoms with Gasteiger partial charge >= 0.3 is 0 Å². The van der Waals surface area contributed by atoms with E-state index in [9.17, 15) is 0 Å². The molecule has 2 heterocycles. The molecule has 1 aromatic heterocycles. The van der Waals surface area contributed by atoms with E-state index < -0.39 is 0 Å². The van der Waals surface area contributed by atoms with Gasteiger partial charge in [-0.1, -0.05) is 0 Å². The van der Waals surface area contributed by atoms with Crippen LogP contribution < -0.4 is 4.90 Å². The fraction of sp³-hybridized carbons (Fsp3) is 0.375. The van der Waals surface area contributed by atoms with Crippen LogP contribution in [0.1, 0.15) is 24.2 Å². The standard InChI is InChI=1S/C16H20N2/c1-13-5-6-14(2)18(13)16-9-7-15(8-10-16)17-11-3-4-12-17/h5-10H,3-4,11-12H2,1-2H3. The minimum atomic E-state index is 1.21. The van der Waals surface area contributed by atoms with Crippen molar-refractivity contribution >= 4 is 5.69 Å². The minimum Gasteiger partial charge on any atom is -0.372 e. The summed E-state index contributed by atoms with van der Waals surface area (Å²) in [6, 6.07) is 13.3. The van der Waals surface area contributed by atoms with Crippen molar-refractivity contribution in [3.05, 3.63) is 47.8 Å². The molecule has 1 aliphatic rings. The lowest BCUT2D eigenvalue weighted by atomic mass is 10.2. The van der Waals surface area contributed by atoms with Gasteiger partial charge < -0.3 is 9.47 Å². The Morgan fingerprint density at radius 2 is 1.22 bits per heavy atom. The largest absolute Gasteiger partial charge is 0.372 e. The number of hydrogen-bond acceptors (Lipinski definition) is 1. The van der Waals surface area contributed by atoms with Crippen molar-refractivity contribution in [2.45, 2.75) is 26.7 Å². The van der Waals surface area contributed by atoms with E-state index in [1.165, 1.54) is 48.7 Å². The Labute approximate surface area is 109 Å². The number of nitrogens with zero attached hydrogens (tertiary/aromatic N) is 2. The smallest absolute Gasteiger partial charge is 0.0456 e. The topological polar surface area (TPSA) is 8.17 Å². The maximum Gasteiger partial charge on any atom is 0.0456 e. The molecule has 18 heavy (non-hydrogen) atoms. The van der Waals surface area contributed by atoms with E-state index in [0.29, 0.717) is 0 Å². The summed E-state index contributed by atoms with van der Waals surface area (Å²) in [5.74, 6) is 0. The molecule has 2 aromatic rings. The van der Waals surface area contributed by atoms with E-state index in [1.807, 2.05) is 0 Å². The first-order valence-corrected chi connectivity index (χ1v) is 6.76. The van der Waals surface area contributed by atoms with Crippen LogP contribution in [0.3, 0.4) is 0 Å². The van der Waals surface area contributed by atoms with Crippen molar-refractivity contribution in [3.63, 3.8) is 0 Å². The molecule has 0 atom stereocenters. The van der Waals surface area contributed by atoms with E-state index >= 15 is 0 Å². The summed E-state index contributed by atoms with van der Waals surface area (Å²) in [6.07, 6.45) is 2.66. The van der Waals surface area contributed by atoms with Gasteiger partial charge in [-0.25, -0.2) is 0 Å².